The van der Waals surface area contributed by atoms with Gasteiger partial charge in [0.1, 0.15) is 11.5 Å². The predicted molar refractivity (Wildman–Crippen MR) is 96.1 cm³/mol. The van der Waals surface area contributed by atoms with Gasteiger partial charge in [-0.1, -0.05) is 30.3 Å². The monoisotopic (exact) mass is 336 g/mol. The molecular weight excluding hydrogens is 320 g/mol. The fraction of sp³-hybridized carbons (Fsp3) is 0.0556. The number of benzene rings is 1. The predicted octanol–water partition coefficient (Wildman–Crippen LogP) is 2.94. The van der Waals surface area contributed by atoms with Crippen LogP contribution in [0.1, 0.15) is 11.1 Å². The molecule has 126 valence electrons. The maximum Gasteiger partial charge on any atom is 0.336 e. The Kier molecular flexibility index (Phi) is 4.47. The van der Waals surface area contributed by atoms with Crippen LogP contribution in [-0.4, -0.2) is 34.1 Å². The van der Waals surface area contributed by atoms with Crippen LogP contribution in [0.15, 0.2) is 48.7 Å². The number of fused-ring (bicyclic) bond motifs is 1. The molecule has 7 heteroatoms. The lowest BCUT2D eigenvalue weighted by Gasteiger charge is -2.04. The van der Waals surface area contributed by atoms with Crippen molar-refractivity contribution in [1.29, 1.82) is 0 Å². The summed E-state index contributed by atoms with van der Waals surface area (Å²) in [6.45, 7) is 0. The number of nitrogens with zero attached hydrogens (tertiary/aromatic N) is 1. The number of hydrogen-bond donors (Lipinski definition) is 4. The molecule has 0 unspecified atom stereocenters. The zero-order valence-electron chi connectivity index (χ0n) is 13.4. The summed E-state index contributed by atoms with van der Waals surface area (Å²) in [5, 5.41) is 15.3. The van der Waals surface area contributed by atoms with Gasteiger partial charge >= 0.3 is 12.0 Å². The van der Waals surface area contributed by atoms with Crippen LogP contribution in [0.4, 0.5) is 10.6 Å². The second-order valence-electron chi connectivity index (χ2n) is 5.27. The molecule has 0 aliphatic rings. The SMILES string of the molecule is CNC(=O)Nc1ccc2c(/C=C(/C(=O)O)c3ccccc3)c[nH]c2n1. The molecular formula is C18H16N4O3. The van der Waals surface area contributed by atoms with Gasteiger partial charge in [-0.3, -0.25) is 5.32 Å². The van der Waals surface area contributed by atoms with Gasteiger partial charge in [0.25, 0.3) is 0 Å². The van der Waals surface area contributed by atoms with Gasteiger partial charge in [0.2, 0.25) is 0 Å². The van der Waals surface area contributed by atoms with Crippen molar-refractivity contribution in [2.24, 2.45) is 0 Å². The van der Waals surface area contributed by atoms with Crippen molar-refractivity contribution in [2.75, 3.05) is 12.4 Å². The van der Waals surface area contributed by atoms with Crippen LogP contribution in [0.5, 0.6) is 0 Å². The Hall–Kier alpha value is -3.61. The minimum Gasteiger partial charge on any atom is -0.478 e. The summed E-state index contributed by atoms with van der Waals surface area (Å²) in [6.07, 6.45) is 3.29. The third-order valence-corrected chi connectivity index (χ3v) is 3.65. The second kappa shape index (κ2) is 6.88. The first kappa shape index (κ1) is 16.3. The fourth-order valence-corrected chi connectivity index (χ4v) is 2.44. The molecule has 2 aromatic heterocycles. The molecule has 0 fully saturated rings. The van der Waals surface area contributed by atoms with E-state index in [4.69, 9.17) is 0 Å². The van der Waals surface area contributed by atoms with E-state index in [1.807, 2.05) is 6.07 Å². The molecule has 0 spiro atoms. The first-order chi connectivity index (χ1) is 12.1. The van der Waals surface area contributed by atoms with E-state index in [1.165, 1.54) is 7.05 Å². The lowest BCUT2D eigenvalue weighted by Crippen LogP contribution is -2.24. The van der Waals surface area contributed by atoms with E-state index in [1.54, 1.807) is 48.7 Å². The molecule has 25 heavy (non-hydrogen) atoms. The molecule has 2 heterocycles. The smallest absolute Gasteiger partial charge is 0.336 e. The van der Waals surface area contributed by atoms with E-state index >= 15 is 0 Å². The number of anilines is 1. The van der Waals surface area contributed by atoms with Crippen LogP contribution in [0.25, 0.3) is 22.7 Å². The van der Waals surface area contributed by atoms with Crippen molar-refractivity contribution in [2.45, 2.75) is 0 Å². The van der Waals surface area contributed by atoms with Gasteiger partial charge in [0.15, 0.2) is 0 Å². The maximum absolute atomic E-state index is 11.6. The number of carbonyl (C=O) groups excluding carboxylic acids is 1. The summed E-state index contributed by atoms with van der Waals surface area (Å²) in [4.78, 5) is 30.3. The van der Waals surface area contributed by atoms with E-state index in [2.05, 4.69) is 20.6 Å². The number of amides is 2. The number of nitrogens with one attached hydrogen (secondary N) is 3. The third-order valence-electron chi connectivity index (χ3n) is 3.65. The standard InChI is InChI=1S/C18H16N4O3/c1-19-18(25)22-15-8-7-13-12(10-20-16(13)21-15)9-14(17(23)24)11-5-3-2-4-6-11/h2-10H,1H3,(H,23,24)(H3,19,20,21,22,25)/b14-9+. The molecule has 0 atom stereocenters. The molecule has 7 nitrogen and oxygen atoms in total. The molecule has 0 bridgehead atoms. The fourth-order valence-electron chi connectivity index (χ4n) is 2.44. The van der Waals surface area contributed by atoms with Crippen LogP contribution < -0.4 is 10.6 Å². The Morgan fingerprint density at radius 1 is 1.16 bits per heavy atom. The normalized spacial score (nSPS) is 11.3. The maximum atomic E-state index is 11.6. The van der Waals surface area contributed by atoms with Crippen LogP contribution in [0.3, 0.4) is 0 Å². The molecule has 3 aromatic rings. The number of carboxylic acids is 1. The van der Waals surface area contributed by atoms with Gasteiger partial charge in [-0.2, -0.15) is 0 Å². The van der Waals surface area contributed by atoms with Crippen molar-refractivity contribution < 1.29 is 14.7 Å². The number of hydrogen-bond acceptors (Lipinski definition) is 3. The van der Waals surface area contributed by atoms with Crippen molar-refractivity contribution in [3.63, 3.8) is 0 Å². The summed E-state index contributed by atoms with van der Waals surface area (Å²) >= 11 is 0. The van der Waals surface area contributed by atoms with E-state index in [0.29, 0.717) is 22.6 Å². The number of aromatic amines is 1. The topological polar surface area (TPSA) is 107 Å². The lowest BCUT2D eigenvalue weighted by atomic mass is 10.0. The summed E-state index contributed by atoms with van der Waals surface area (Å²) in [7, 11) is 1.52. The van der Waals surface area contributed by atoms with E-state index < -0.39 is 5.97 Å². The molecule has 0 radical (unpaired) electrons. The van der Waals surface area contributed by atoms with Crippen LogP contribution >= 0.6 is 0 Å². The highest BCUT2D eigenvalue weighted by molar-refractivity contribution is 6.21. The zero-order chi connectivity index (χ0) is 17.8. The van der Waals surface area contributed by atoms with E-state index in [0.717, 1.165) is 5.39 Å². The molecule has 4 N–H and O–H groups in total. The van der Waals surface area contributed by atoms with Gasteiger partial charge in [0, 0.05) is 24.2 Å². The molecule has 1 aromatic carbocycles. The van der Waals surface area contributed by atoms with E-state index in [-0.39, 0.29) is 11.6 Å². The largest absolute Gasteiger partial charge is 0.478 e. The minimum atomic E-state index is -1.01. The van der Waals surface area contributed by atoms with Gasteiger partial charge < -0.3 is 15.4 Å². The lowest BCUT2D eigenvalue weighted by molar-refractivity contribution is -0.130. The Balaban J connectivity index is 2.01. The molecule has 0 aliphatic carbocycles. The number of carbonyl (C=O) groups is 2. The third kappa shape index (κ3) is 3.50. The zero-order valence-corrected chi connectivity index (χ0v) is 13.4. The Morgan fingerprint density at radius 2 is 1.92 bits per heavy atom. The number of carboxylic acid groups (broad SMARTS) is 1. The molecule has 3 rings (SSSR count). The number of aromatic nitrogens is 2. The summed E-state index contributed by atoms with van der Waals surface area (Å²) in [5.74, 6) is -0.614. The number of urea groups is 1. The highest BCUT2D eigenvalue weighted by atomic mass is 16.4. The summed E-state index contributed by atoms with van der Waals surface area (Å²) in [6, 6.07) is 12.0. The summed E-state index contributed by atoms with van der Waals surface area (Å²) < 4.78 is 0. The summed E-state index contributed by atoms with van der Waals surface area (Å²) in [5.41, 5.74) is 2.07. The Morgan fingerprint density at radius 3 is 2.60 bits per heavy atom. The molecule has 0 aliphatic heterocycles. The van der Waals surface area contributed by atoms with Gasteiger partial charge in [-0.05, 0) is 23.8 Å². The molecule has 0 saturated heterocycles. The van der Waals surface area contributed by atoms with Gasteiger partial charge in [-0.15, -0.1) is 0 Å². The average Bonchev–Trinajstić information content (AvgIpc) is 3.02. The van der Waals surface area contributed by atoms with Crippen LogP contribution in [0, 0.1) is 0 Å². The first-order valence-corrected chi connectivity index (χ1v) is 7.56. The number of H-pyrrole nitrogens is 1. The number of pyridine rings is 1. The quantitative estimate of drug-likeness (QED) is 0.549. The highest BCUT2D eigenvalue weighted by Gasteiger charge is 2.12. The van der Waals surface area contributed by atoms with Crippen LogP contribution in [-0.2, 0) is 4.79 Å². The Bertz CT molecular complexity index is 961. The molecule has 0 saturated carbocycles. The van der Waals surface area contributed by atoms with Gasteiger partial charge in [-0.25, -0.2) is 14.6 Å². The Labute approximate surface area is 143 Å². The highest BCUT2D eigenvalue weighted by Crippen LogP contribution is 2.24. The van der Waals surface area contributed by atoms with Crippen molar-refractivity contribution in [3.05, 3.63) is 59.8 Å². The molecule has 2 amide bonds. The second-order valence-corrected chi connectivity index (χ2v) is 5.27. The number of aliphatic carboxylic acids is 1. The first-order valence-electron chi connectivity index (χ1n) is 7.56. The van der Waals surface area contributed by atoms with E-state index in [9.17, 15) is 14.7 Å². The average molecular weight is 336 g/mol. The number of rotatable bonds is 4. The minimum absolute atomic E-state index is 0.189. The van der Waals surface area contributed by atoms with Gasteiger partial charge in [0.05, 0.1) is 5.57 Å². The van der Waals surface area contributed by atoms with Crippen molar-refractivity contribution >= 4 is 40.5 Å². The van der Waals surface area contributed by atoms with Crippen LogP contribution in [0.2, 0.25) is 0 Å². The van der Waals surface area contributed by atoms with Crippen molar-refractivity contribution in [3.8, 4) is 0 Å². The van der Waals surface area contributed by atoms with Crippen molar-refractivity contribution in [1.82, 2.24) is 15.3 Å².